The number of carbonyl (C=O) groups excluding carboxylic acids is 2. The molecule has 0 aliphatic heterocycles. The molecule has 19 rings (SSSR count). The Morgan fingerprint density at radius 2 is 0.912 bits per heavy atom. The van der Waals surface area contributed by atoms with Crippen LogP contribution in [0.1, 0.15) is 88.2 Å². The molecule has 0 unspecified atom stereocenters. The normalized spacial score (nSPS) is 12.9. The number of para-hydroxylation sites is 1. The van der Waals surface area contributed by atoms with Gasteiger partial charge in [-0.25, -0.2) is 64.3 Å². The van der Waals surface area contributed by atoms with E-state index in [-0.39, 0.29) is 35.2 Å². The quantitative estimate of drug-likeness (QED) is 0.0489. The Kier molecular flexibility index (Phi) is 22.8. The van der Waals surface area contributed by atoms with Crippen LogP contribution in [-0.2, 0) is 20.0 Å². The first-order chi connectivity index (χ1) is 53.6. The van der Waals surface area contributed by atoms with Crippen LogP contribution in [0.15, 0.2) is 281 Å². The number of anilines is 5. The highest BCUT2D eigenvalue weighted by molar-refractivity contribution is 7.90. The molecule has 30 heteroatoms. The van der Waals surface area contributed by atoms with Crippen LogP contribution in [0.4, 0.5) is 43.1 Å². The third kappa shape index (κ3) is 17.2. The summed E-state index contributed by atoms with van der Waals surface area (Å²) in [5, 5.41) is 18.4. The van der Waals surface area contributed by atoms with Gasteiger partial charge in [0, 0.05) is 105 Å². The third-order valence-corrected chi connectivity index (χ3v) is 21.8. The van der Waals surface area contributed by atoms with Gasteiger partial charge in [-0.15, -0.1) is 0 Å². The van der Waals surface area contributed by atoms with Gasteiger partial charge in [0.05, 0.1) is 38.3 Å². The van der Waals surface area contributed by atoms with Crippen LogP contribution in [-0.4, -0.2) is 92.1 Å². The monoisotopic (exact) mass is 1550 g/mol. The van der Waals surface area contributed by atoms with E-state index in [1.54, 1.807) is 165 Å². The molecule has 6 aromatic carbocycles. The summed E-state index contributed by atoms with van der Waals surface area (Å²) in [5.74, 6) is 2.23. The van der Waals surface area contributed by atoms with Crippen LogP contribution >= 0.6 is 0 Å². The van der Waals surface area contributed by atoms with E-state index in [2.05, 4.69) is 77.2 Å². The summed E-state index contributed by atoms with van der Waals surface area (Å²) in [6.07, 6.45) is 17.2. The number of aromatic nitrogens is 13. The van der Waals surface area contributed by atoms with E-state index in [0.717, 1.165) is 92.5 Å². The molecule has 3 saturated carbocycles. The van der Waals surface area contributed by atoms with Crippen molar-refractivity contribution in [2.45, 2.75) is 80.9 Å². The van der Waals surface area contributed by atoms with Gasteiger partial charge in [-0.2, -0.15) is 0 Å². The molecular weight excluding hydrogens is 1480 g/mol. The van der Waals surface area contributed by atoms with Gasteiger partial charge in [0.15, 0.2) is 11.3 Å². The lowest BCUT2D eigenvalue weighted by atomic mass is 10.1. The van der Waals surface area contributed by atoms with Crippen LogP contribution in [0.5, 0.6) is 5.75 Å². The molecule has 27 nitrogen and oxygen atoms in total. The number of pyridine rings is 2. The third-order valence-electron chi connectivity index (χ3n) is 18.3. The number of fused-ring (bicyclic) bond motifs is 3. The number of urea groups is 1. The SMILES string of the molecule is C.C.F.Nc1cc(-c2cccnc2)no1.Nc1ccc(-c2cc3c(C4CC4)ncnc3n2S(=O)(=O)c2ccccc2)cc1.O=C(Nc1ccc(-c2cc3c(C4CC4)ncnc3[nH]2)cc1)Nc1cc(-c2cccnc2)no1.O=C(Nc1ccc(-c2cc3c(C4CC4)ncnc3n2S(=O)(=O)c2ccccc2)cc1)Oc1ccccc1. The van der Waals surface area contributed by atoms with Crippen molar-refractivity contribution in [1.82, 2.24) is 63.1 Å². The number of H-pyrrole nitrogens is 1. The molecule has 10 aromatic heterocycles. The van der Waals surface area contributed by atoms with Crippen LogP contribution in [0, 0.1) is 0 Å². The first-order valence-corrected chi connectivity index (χ1v) is 37.9. The van der Waals surface area contributed by atoms with Crippen molar-refractivity contribution in [2.75, 3.05) is 27.4 Å². The lowest BCUT2D eigenvalue weighted by Crippen LogP contribution is -2.18. The minimum absolute atomic E-state index is 0. The lowest BCUT2D eigenvalue weighted by molar-refractivity contribution is 0.215. The van der Waals surface area contributed by atoms with E-state index >= 15 is 0 Å². The largest absolute Gasteiger partial charge is 0.417 e. The maximum Gasteiger partial charge on any atom is 0.417 e. The number of benzene rings is 6. The van der Waals surface area contributed by atoms with E-state index in [1.807, 2.05) is 78.9 Å². The molecule has 0 radical (unpaired) electrons. The summed E-state index contributed by atoms with van der Waals surface area (Å²) in [4.78, 5) is 62.9. The number of halogens is 1. The maximum atomic E-state index is 13.8. The van der Waals surface area contributed by atoms with Crippen molar-refractivity contribution in [3.8, 4) is 62.0 Å². The maximum absolute atomic E-state index is 13.8. The van der Waals surface area contributed by atoms with Gasteiger partial charge in [-0.1, -0.05) is 116 Å². The van der Waals surface area contributed by atoms with Gasteiger partial charge in [-0.3, -0.25) is 25.3 Å². The van der Waals surface area contributed by atoms with Crippen molar-refractivity contribution in [1.29, 1.82) is 0 Å². The number of nitrogens with one attached hydrogen (secondary N) is 4. The fraction of sp³-hybridized carbons (Fsp3) is 0.133. The first kappa shape index (κ1) is 77.0. The molecule has 3 aliphatic carbocycles. The number of amides is 3. The number of nitrogens with zero attached hydrogens (tertiary/aromatic N) is 12. The zero-order valence-corrected chi connectivity index (χ0v) is 60.4. The predicted octanol–water partition coefficient (Wildman–Crippen LogP) is 17.6. The van der Waals surface area contributed by atoms with Gasteiger partial charge in [0.1, 0.15) is 41.8 Å². The van der Waals surface area contributed by atoms with E-state index < -0.39 is 32.2 Å². The zero-order chi connectivity index (χ0) is 75.3. The van der Waals surface area contributed by atoms with Gasteiger partial charge < -0.3 is 35.6 Å². The number of nitrogen functional groups attached to an aromatic ring is 2. The second kappa shape index (κ2) is 33.4. The second-order valence-electron chi connectivity index (χ2n) is 26.1. The van der Waals surface area contributed by atoms with Crippen LogP contribution in [0.2, 0.25) is 0 Å². The molecule has 3 amide bonds. The first-order valence-electron chi connectivity index (χ1n) is 35.0. The highest BCUT2D eigenvalue weighted by atomic mass is 32.2. The summed E-state index contributed by atoms with van der Waals surface area (Å²) in [6.45, 7) is 0. The van der Waals surface area contributed by atoms with Crippen molar-refractivity contribution in [3.05, 3.63) is 279 Å². The molecule has 0 bridgehead atoms. The number of aromatic amines is 1. The number of hydrogen-bond acceptors (Lipinski definition) is 21. The van der Waals surface area contributed by atoms with E-state index in [4.69, 9.17) is 25.3 Å². The van der Waals surface area contributed by atoms with E-state index in [0.29, 0.717) is 86.1 Å². The standard InChI is InChI=1S/C28H22N4O4S.C24H19N7O2.C21H18N4O2S.C8H7N3O.2CH4.FH/c33-28(36-22-7-3-1-4-8-22)31-21-15-13-19(14-16-21)25-17-24-26(20-11-12-20)29-18-30-27(24)32(25)37(34,35)23-9-5-2-6-10-23;32-24(30-21-11-20(31-33-21)16-2-1-9-25-12-16)28-17-7-5-14(6-8-17)19-10-18-22(15-3-4-15)26-13-27-23(18)29-19;22-16-10-8-14(9-11-16)19-12-18-20(15-6-7-15)23-13-24-21(18)25(19)28(26,27)17-4-2-1-3-5-17;9-8-4-7(11-12-8)6-2-1-3-10-5-6;;;/h1-10,13-18,20H,11-12H2,(H,31,33);1-2,5-13,15H,3-4H2,(H,26,27,29)(H2,28,30,32);1-5,8-13,15H,6-7,22H2;1-5H,9H2;2*1H4;1H. The average molecular weight is 1550 g/mol. The van der Waals surface area contributed by atoms with E-state index in [9.17, 15) is 26.4 Å². The average Bonchev–Trinajstić information content (AvgIpc) is 1.58. The Morgan fingerprint density at radius 3 is 1.39 bits per heavy atom. The van der Waals surface area contributed by atoms with Gasteiger partial charge in [0.2, 0.25) is 11.8 Å². The topological polar surface area (TPSA) is 381 Å². The summed E-state index contributed by atoms with van der Waals surface area (Å²) in [7, 11) is -7.79. The lowest BCUT2D eigenvalue weighted by Gasteiger charge is -2.12. The molecule has 8 N–H and O–H groups in total. The van der Waals surface area contributed by atoms with Gasteiger partial charge in [-0.05, 0) is 170 Å². The molecule has 570 valence electrons. The number of ether oxygens (including phenoxy) is 1. The van der Waals surface area contributed by atoms with Crippen LogP contribution in [0.3, 0.4) is 0 Å². The Morgan fingerprint density at radius 1 is 0.460 bits per heavy atom. The Balaban J connectivity index is 0.000000137. The van der Waals surface area contributed by atoms with Crippen LogP contribution < -0.4 is 32.2 Å². The molecule has 0 saturated heterocycles. The van der Waals surface area contributed by atoms with E-state index in [1.165, 1.54) is 33.4 Å². The number of nitrogens with two attached hydrogens (primary N) is 2. The number of hydrogen-bond donors (Lipinski definition) is 6. The minimum Gasteiger partial charge on any atom is -0.410 e. The smallest absolute Gasteiger partial charge is 0.410 e. The minimum atomic E-state index is -3.95. The summed E-state index contributed by atoms with van der Waals surface area (Å²) >= 11 is 0. The molecular formula is C83H75FN18O9S2. The molecule has 113 heavy (non-hydrogen) atoms. The highest BCUT2D eigenvalue weighted by Gasteiger charge is 2.34. The fourth-order valence-corrected chi connectivity index (χ4v) is 15.5. The Hall–Kier alpha value is -14.1. The highest BCUT2D eigenvalue weighted by Crippen LogP contribution is 2.46. The fourth-order valence-electron chi connectivity index (χ4n) is 12.5. The molecule has 0 spiro atoms. The Labute approximate surface area is 648 Å². The number of rotatable bonds is 16. The molecule has 0 atom stereocenters. The number of carbonyl (C=O) groups is 2. The van der Waals surface area contributed by atoms with Crippen molar-refractivity contribution in [3.63, 3.8) is 0 Å². The van der Waals surface area contributed by atoms with Crippen LogP contribution in [0.25, 0.3) is 89.4 Å². The molecule has 3 fully saturated rings. The second-order valence-corrected chi connectivity index (χ2v) is 29.7. The van der Waals surface area contributed by atoms with Crippen molar-refractivity contribution < 1.29 is 44.9 Å². The summed E-state index contributed by atoms with van der Waals surface area (Å²) in [6, 6.07) is 63.2. The van der Waals surface area contributed by atoms with Crippen molar-refractivity contribution >= 4 is 94.1 Å². The molecule has 3 aliphatic rings. The summed E-state index contributed by atoms with van der Waals surface area (Å²) < 4.78 is 72.5. The molecule has 16 aromatic rings. The molecule has 10 heterocycles. The van der Waals surface area contributed by atoms with Gasteiger partial charge >= 0.3 is 12.1 Å². The zero-order valence-electron chi connectivity index (χ0n) is 58.7. The predicted molar refractivity (Wildman–Crippen MR) is 432 cm³/mol. The Bertz CT molecular complexity index is 6230. The summed E-state index contributed by atoms with van der Waals surface area (Å²) in [5.41, 5.74) is 24.9. The van der Waals surface area contributed by atoms with Crippen molar-refractivity contribution in [2.24, 2.45) is 0 Å². The van der Waals surface area contributed by atoms with Gasteiger partial charge in [0.25, 0.3) is 20.0 Å².